The van der Waals surface area contributed by atoms with Crippen molar-refractivity contribution in [2.75, 3.05) is 21.3 Å². The van der Waals surface area contributed by atoms with E-state index in [1.54, 1.807) is 39.9 Å². The van der Waals surface area contributed by atoms with Gasteiger partial charge >= 0.3 is 5.97 Å². The number of aromatic nitrogens is 2. The minimum atomic E-state index is -2.44. The molecule has 5 aliphatic heterocycles. The van der Waals surface area contributed by atoms with E-state index >= 15 is 0 Å². The Bertz CT molecular complexity index is 2680. The van der Waals surface area contributed by atoms with E-state index in [-0.39, 0.29) is 72.1 Å². The Labute approximate surface area is 518 Å². The molecule has 0 spiro atoms. The molecule has 15 atom stereocenters. The molecule has 4 saturated heterocycles. The van der Waals surface area contributed by atoms with Crippen LogP contribution in [0.4, 0.5) is 0 Å². The Morgan fingerprint density at radius 2 is 1.56 bits per heavy atom. The van der Waals surface area contributed by atoms with Gasteiger partial charge < -0.3 is 55.6 Å². The van der Waals surface area contributed by atoms with Crippen LogP contribution in [-0.4, -0.2) is 127 Å². The quantitative estimate of drug-likeness (QED) is 0.0532. The highest BCUT2D eigenvalue weighted by Gasteiger charge is 2.52. The van der Waals surface area contributed by atoms with Crippen molar-refractivity contribution in [3.05, 3.63) is 108 Å². The number of hydrogen-bond acceptors (Lipinski definition) is 15. The molecule has 0 saturated carbocycles. The van der Waals surface area contributed by atoms with E-state index in [1.165, 1.54) is 0 Å². The van der Waals surface area contributed by atoms with Gasteiger partial charge in [0.05, 0.1) is 67.5 Å². The van der Waals surface area contributed by atoms with Crippen molar-refractivity contribution in [1.82, 2.24) is 9.97 Å². The lowest BCUT2D eigenvalue weighted by molar-refractivity contribution is -0.297. The predicted molar refractivity (Wildman–Crippen MR) is 344 cm³/mol. The molecule has 86 heavy (non-hydrogen) atoms. The van der Waals surface area contributed by atoms with Crippen LogP contribution in [0.25, 0.3) is 12.2 Å². The van der Waals surface area contributed by atoms with Gasteiger partial charge in [0.2, 0.25) is 14.2 Å². The van der Waals surface area contributed by atoms with Gasteiger partial charge in [-0.1, -0.05) is 130 Å². The highest BCUT2D eigenvalue weighted by atomic mass is 28.4. The molecule has 7 heterocycles. The zero-order valence-electron chi connectivity index (χ0n) is 55.6. The smallest absolute Gasteiger partial charge is 0.330 e. The lowest BCUT2D eigenvalue weighted by Crippen LogP contribution is -2.57. The molecule has 0 N–H and O–H groups in total. The Hall–Kier alpha value is -3.86. The van der Waals surface area contributed by atoms with Gasteiger partial charge in [-0.2, -0.15) is 0 Å². The number of fused-ring (bicyclic) bond motifs is 9. The van der Waals surface area contributed by atoms with Gasteiger partial charge in [0.15, 0.2) is 20.0 Å². The summed E-state index contributed by atoms with van der Waals surface area (Å²) >= 11 is 0. The van der Waals surface area contributed by atoms with Crippen LogP contribution in [0, 0.1) is 11.8 Å². The van der Waals surface area contributed by atoms with Crippen molar-refractivity contribution in [2.45, 2.75) is 274 Å². The third-order valence-electron chi connectivity index (χ3n) is 19.4. The van der Waals surface area contributed by atoms with Crippen LogP contribution in [0.15, 0.2) is 93.8 Å². The topological polar surface area (TPSA) is 161 Å². The zero-order valence-corrected chi connectivity index (χ0v) is 57.6. The summed E-state index contributed by atoms with van der Waals surface area (Å²) in [5.74, 6) is -0.993. The van der Waals surface area contributed by atoms with E-state index in [4.69, 9.17) is 65.5 Å². The summed E-state index contributed by atoms with van der Waals surface area (Å²) in [6.07, 6.45) is 24.7. The fourth-order valence-electron chi connectivity index (χ4n) is 13.9. The molecule has 0 aromatic carbocycles. The lowest BCUT2D eigenvalue weighted by Gasteiger charge is -2.49. The molecule has 480 valence electrons. The Morgan fingerprint density at radius 3 is 2.22 bits per heavy atom. The first-order chi connectivity index (χ1) is 40.6. The zero-order chi connectivity index (χ0) is 62.9. The van der Waals surface area contributed by atoms with E-state index in [2.05, 4.69) is 128 Å². The van der Waals surface area contributed by atoms with E-state index in [0.29, 0.717) is 79.0 Å². The third-order valence-corrected chi connectivity index (χ3v) is 30.1. The first-order valence-electron chi connectivity index (χ1n) is 32.0. The molecule has 8 bridgehead atoms. The van der Waals surface area contributed by atoms with Gasteiger partial charge in [0, 0.05) is 64.9 Å². The summed E-state index contributed by atoms with van der Waals surface area (Å²) in [5.41, 5.74) is 5.47. The van der Waals surface area contributed by atoms with Crippen molar-refractivity contribution in [3.63, 3.8) is 0 Å². The summed E-state index contributed by atoms with van der Waals surface area (Å²) in [4.78, 5) is 23.9. The highest BCUT2D eigenvalue weighted by molar-refractivity contribution is 6.77. The minimum absolute atomic E-state index is 0.00261. The van der Waals surface area contributed by atoms with Crippen LogP contribution in [-0.2, 0) is 58.0 Å². The second-order valence-electron chi connectivity index (χ2n) is 27.9. The van der Waals surface area contributed by atoms with Gasteiger partial charge in [-0.25, -0.2) is 14.8 Å². The molecule has 17 heteroatoms. The molecule has 4 fully saturated rings. The standard InChI is InChI=1S/C69H108N2O13Si2/c1-21-24-52(73-16)30-29-46(8)33-62(84-86(43(2)3,44(4)5)45(6)7)61-38-57(74-17)39-69(75-18,82-61)40-64-70-51(41-76-64)34-48(10)66-50(12)67-49(11)59(80-66)26-23-27-63-71-58(42-77-63)60-37-56(83-85(19,20)68(13,14)15)36-55(79-60)35-54-32-47(9)31-53(78-54)25-22-28-65(72)81-67/h21-23,27-30,33-34,41-45,49-50,52-57,59-62,66-67H,1,9,24-26,31-32,35-40H2,2-8,10-20H3/b27-23+,28-22-,30-29+,46-33+,48-34+/t49-,50-,52+,53-,54+,55+,56+,57+,59+,60+,61+,62+,66-,67-,69-/m0/s1. The first-order valence-corrected chi connectivity index (χ1v) is 37.0. The van der Waals surface area contributed by atoms with Crippen LogP contribution in [0.2, 0.25) is 34.8 Å². The molecule has 0 unspecified atom stereocenters. The molecular formula is C69H108N2O13Si2. The monoisotopic (exact) mass is 1230 g/mol. The summed E-state index contributed by atoms with van der Waals surface area (Å²) in [7, 11) is 0.594. The number of rotatable bonds is 20. The van der Waals surface area contributed by atoms with Gasteiger partial charge in [0.25, 0.3) is 0 Å². The fourth-order valence-corrected chi connectivity index (χ4v) is 20.8. The van der Waals surface area contributed by atoms with Crippen LogP contribution in [0.1, 0.15) is 183 Å². The van der Waals surface area contributed by atoms with Crippen molar-refractivity contribution in [2.24, 2.45) is 11.8 Å². The second-order valence-corrected chi connectivity index (χ2v) is 38.0. The van der Waals surface area contributed by atoms with E-state index < -0.39 is 52.8 Å². The Morgan fingerprint density at radius 1 is 0.849 bits per heavy atom. The number of allylic oxidation sites excluding steroid dienone is 2. The molecule has 15 nitrogen and oxygen atoms in total. The van der Waals surface area contributed by atoms with E-state index in [0.717, 1.165) is 41.7 Å². The van der Waals surface area contributed by atoms with Gasteiger partial charge in [-0.05, 0) is 105 Å². The molecule has 0 radical (unpaired) electrons. The van der Waals surface area contributed by atoms with E-state index in [1.807, 2.05) is 37.3 Å². The summed E-state index contributed by atoms with van der Waals surface area (Å²) in [6.45, 7) is 41.9. The van der Waals surface area contributed by atoms with Crippen molar-refractivity contribution in [1.29, 1.82) is 0 Å². The molecule has 5 aliphatic rings. The minimum Gasteiger partial charge on any atom is -0.458 e. The summed E-state index contributed by atoms with van der Waals surface area (Å²) < 4.78 is 79.7. The van der Waals surface area contributed by atoms with E-state index in [9.17, 15) is 4.79 Å². The number of esters is 1. The normalized spacial score (nSPS) is 32.1. The lowest BCUT2D eigenvalue weighted by atomic mass is 9.79. The molecule has 0 aliphatic carbocycles. The van der Waals surface area contributed by atoms with Crippen molar-refractivity contribution < 1.29 is 60.4 Å². The fraction of sp³-hybridized carbons (Fsp3) is 0.696. The second kappa shape index (κ2) is 30.3. The van der Waals surface area contributed by atoms with Gasteiger partial charge in [-0.15, -0.1) is 6.58 Å². The third kappa shape index (κ3) is 17.5. The maximum absolute atomic E-state index is 13.9. The molecule has 0 amide bonds. The number of nitrogens with zero attached hydrogens (tertiary/aromatic N) is 2. The average Bonchev–Trinajstić information content (AvgIpc) is 1.57. The summed E-state index contributed by atoms with van der Waals surface area (Å²) in [5, 5.41) is 0.0539. The SMILES string of the molecule is C=CC[C@H](/C=C/C(C)=C/[C@@H](O[Si](C(C)C)(C(C)C)C(C)C)[C@H]1C[C@@H](OC)C[C@](Cc2nc(/C=C(\C)[C@@H]3O[C@@H]4C/C=C/c5nc(co5)[C@H]5C[C@H](O[Si](C)(C)C(C)(C)C)C[C@@H](C[C@H]6CC(=C)C[C@H](C/C=C\C(=O)O[C@@H]([C@H]4C)[C@H]3C)O6)O5)co2)(OC)O1)OC. The molecular weight excluding hydrogens is 1120 g/mol. The van der Waals surface area contributed by atoms with Gasteiger partial charge in [-0.3, -0.25) is 0 Å². The number of methoxy groups -OCH3 is 3. The van der Waals surface area contributed by atoms with Gasteiger partial charge in [0.1, 0.15) is 36.1 Å². The predicted octanol–water partition coefficient (Wildman–Crippen LogP) is 15.9. The first kappa shape index (κ1) is 69.6. The molecule has 2 aromatic heterocycles. The summed E-state index contributed by atoms with van der Waals surface area (Å²) in [6, 6.07) is 0. The van der Waals surface area contributed by atoms with Crippen molar-refractivity contribution >= 4 is 34.8 Å². The maximum atomic E-state index is 13.9. The molecule has 7 rings (SSSR count). The largest absolute Gasteiger partial charge is 0.458 e. The number of hydrogen-bond donors (Lipinski definition) is 0. The maximum Gasteiger partial charge on any atom is 0.330 e. The average molecular weight is 1230 g/mol. The van der Waals surface area contributed by atoms with Crippen LogP contribution in [0.5, 0.6) is 0 Å². The van der Waals surface area contributed by atoms with Crippen LogP contribution < -0.4 is 0 Å². The van der Waals surface area contributed by atoms with Crippen molar-refractivity contribution in [3.8, 4) is 0 Å². The number of ether oxygens (including phenoxy) is 8. The number of carbonyl (C=O) groups is 1. The Kier molecular flexibility index (Phi) is 24.5. The van der Waals surface area contributed by atoms with Crippen LogP contribution in [0.3, 0.4) is 0 Å². The number of carbonyl (C=O) groups excluding carboxylic acids is 1. The highest BCUT2D eigenvalue weighted by Crippen LogP contribution is 2.47. The Balaban J connectivity index is 1.14. The van der Waals surface area contributed by atoms with Crippen LogP contribution >= 0.6 is 0 Å². The molecule has 2 aromatic rings. The number of oxazole rings is 2.